The molecule has 1 N–H and O–H groups in total. The summed E-state index contributed by atoms with van der Waals surface area (Å²) in [6.07, 6.45) is 2.49. The molecule has 18 heavy (non-hydrogen) atoms. The highest BCUT2D eigenvalue weighted by Gasteiger charge is 2.23. The van der Waals surface area contributed by atoms with E-state index in [1.54, 1.807) is 0 Å². The zero-order valence-electron chi connectivity index (χ0n) is 11.4. The maximum Gasteiger partial charge on any atom is 0.0373 e. The van der Waals surface area contributed by atoms with Gasteiger partial charge in [0.25, 0.3) is 0 Å². The smallest absolute Gasteiger partial charge is 0.0373 e. The van der Waals surface area contributed by atoms with Gasteiger partial charge in [0.1, 0.15) is 0 Å². The van der Waals surface area contributed by atoms with E-state index in [1.165, 1.54) is 42.7 Å². The fourth-order valence-electron chi connectivity index (χ4n) is 3.09. The Kier molecular flexibility index (Phi) is 3.27. The minimum Gasteiger partial charge on any atom is -0.384 e. The summed E-state index contributed by atoms with van der Waals surface area (Å²) in [5.74, 6) is 0. The van der Waals surface area contributed by atoms with E-state index in [0.29, 0.717) is 0 Å². The number of likely N-dealkylation sites (tertiary alicyclic amines) is 1. The second-order valence-electron chi connectivity index (χ2n) is 5.81. The van der Waals surface area contributed by atoms with E-state index in [2.05, 4.69) is 47.4 Å². The fraction of sp³-hybridized carbons (Fsp3) is 0.600. The van der Waals surface area contributed by atoms with Gasteiger partial charge in [-0.25, -0.2) is 0 Å². The number of fused-ring (bicyclic) bond motifs is 1. The molecule has 0 spiro atoms. The van der Waals surface area contributed by atoms with Crippen molar-refractivity contribution in [1.82, 2.24) is 9.80 Å². The zero-order valence-corrected chi connectivity index (χ0v) is 11.4. The van der Waals surface area contributed by atoms with Gasteiger partial charge in [-0.05, 0) is 44.1 Å². The summed E-state index contributed by atoms with van der Waals surface area (Å²) in [7, 11) is 4.38. The third-order valence-electron chi connectivity index (χ3n) is 4.26. The molecule has 0 radical (unpaired) electrons. The average Bonchev–Trinajstić information content (AvgIpc) is 2.96. The quantitative estimate of drug-likeness (QED) is 0.876. The van der Waals surface area contributed by atoms with Crippen molar-refractivity contribution in [2.24, 2.45) is 0 Å². The second-order valence-corrected chi connectivity index (χ2v) is 5.81. The Bertz CT molecular complexity index is 428. The molecule has 3 heteroatoms. The Hall–Kier alpha value is -1.06. The molecular formula is C15H23N3. The highest BCUT2D eigenvalue weighted by atomic mass is 15.2. The number of hydrogen-bond donors (Lipinski definition) is 1. The molecule has 1 aromatic carbocycles. The number of benzene rings is 1. The van der Waals surface area contributed by atoms with Crippen molar-refractivity contribution >= 4 is 5.69 Å². The first-order valence-electron chi connectivity index (χ1n) is 6.97. The number of nitrogens with one attached hydrogen (secondary N) is 1. The van der Waals surface area contributed by atoms with Crippen LogP contribution in [-0.2, 0) is 13.0 Å². The number of nitrogens with zero attached hydrogens (tertiary/aromatic N) is 2. The van der Waals surface area contributed by atoms with Crippen molar-refractivity contribution in [1.29, 1.82) is 0 Å². The second kappa shape index (κ2) is 4.90. The maximum atomic E-state index is 3.42. The van der Waals surface area contributed by atoms with Gasteiger partial charge in [0.05, 0.1) is 0 Å². The van der Waals surface area contributed by atoms with Crippen LogP contribution in [0.5, 0.6) is 0 Å². The van der Waals surface area contributed by atoms with Gasteiger partial charge < -0.3 is 10.2 Å². The summed E-state index contributed by atoms with van der Waals surface area (Å²) >= 11 is 0. The minimum absolute atomic E-state index is 0.737. The lowest BCUT2D eigenvalue weighted by atomic mass is 10.1. The Labute approximate surface area is 110 Å². The molecule has 1 unspecified atom stereocenters. The van der Waals surface area contributed by atoms with E-state index in [0.717, 1.165) is 19.1 Å². The van der Waals surface area contributed by atoms with Crippen LogP contribution >= 0.6 is 0 Å². The first kappa shape index (κ1) is 12.0. The van der Waals surface area contributed by atoms with Crippen molar-refractivity contribution in [3.05, 3.63) is 29.3 Å². The lowest BCUT2D eigenvalue weighted by Gasteiger charge is -2.20. The molecule has 0 saturated carbocycles. The maximum absolute atomic E-state index is 3.42. The van der Waals surface area contributed by atoms with E-state index in [4.69, 9.17) is 0 Å². The average molecular weight is 245 g/mol. The van der Waals surface area contributed by atoms with E-state index < -0.39 is 0 Å². The third kappa shape index (κ3) is 2.38. The van der Waals surface area contributed by atoms with Gasteiger partial charge in [0, 0.05) is 37.9 Å². The van der Waals surface area contributed by atoms with E-state index in [-0.39, 0.29) is 0 Å². The normalized spacial score (nSPS) is 23.4. The minimum atomic E-state index is 0.737. The Morgan fingerprint density at radius 1 is 1.39 bits per heavy atom. The molecule has 98 valence electrons. The Morgan fingerprint density at radius 3 is 3.06 bits per heavy atom. The topological polar surface area (TPSA) is 18.5 Å². The van der Waals surface area contributed by atoms with Crippen LogP contribution in [0.25, 0.3) is 0 Å². The number of anilines is 1. The number of rotatable bonds is 3. The van der Waals surface area contributed by atoms with Gasteiger partial charge in [-0.1, -0.05) is 12.1 Å². The SMILES string of the molecule is CN(C)C1CCN(Cc2ccc3c(c2)CCN3)C1. The molecule has 3 rings (SSSR count). The monoisotopic (exact) mass is 245 g/mol. The first-order valence-corrected chi connectivity index (χ1v) is 6.97. The third-order valence-corrected chi connectivity index (χ3v) is 4.26. The molecule has 0 bridgehead atoms. The molecule has 3 nitrogen and oxygen atoms in total. The van der Waals surface area contributed by atoms with Gasteiger partial charge in [-0.2, -0.15) is 0 Å². The lowest BCUT2D eigenvalue weighted by Crippen LogP contribution is -2.31. The number of hydrogen-bond acceptors (Lipinski definition) is 3. The summed E-state index contributed by atoms with van der Waals surface area (Å²) in [5, 5.41) is 3.42. The van der Waals surface area contributed by atoms with Crippen molar-refractivity contribution in [2.45, 2.75) is 25.4 Å². The highest BCUT2D eigenvalue weighted by Crippen LogP contribution is 2.24. The van der Waals surface area contributed by atoms with Gasteiger partial charge in [0.2, 0.25) is 0 Å². The molecule has 0 aliphatic carbocycles. The predicted molar refractivity (Wildman–Crippen MR) is 76.0 cm³/mol. The molecule has 0 amide bonds. The summed E-state index contributed by atoms with van der Waals surface area (Å²) in [6, 6.07) is 7.65. The molecule has 1 aromatic rings. The van der Waals surface area contributed by atoms with E-state index in [1.807, 2.05) is 0 Å². The van der Waals surface area contributed by atoms with Gasteiger partial charge >= 0.3 is 0 Å². The Balaban J connectivity index is 1.63. The van der Waals surface area contributed by atoms with Crippen LogP contribution in [0.4, 0.5) is 5.69 Å². The molecule has 1 saturated heterocycles. The molecular weight excluding hydrogens is 222 g/mol. The largest absolute Gasteiger partial charge is 0.384 e. The molecule has 0 aromatic heterocycles. The summed E-state index contributed by atoms with van der Waals surface area (Å²) in [4.78, 5) is 4.93. The zero-order chi connectivity index (χ0) is 12.5. The van der Waals surface area contributed by atoms with Gasteiger partial charge in [-0.15, -0.1) is 0 Å². The van der Waals surface area contributed by atoms with Crippen LogP contribution in [0.2, 0.25) is 0 Å². The van der Waals surface area contributed by atoms with Crippen LogP contribution in [0, 0.1) is 0 Å². The molecule has 1 fully saturated rings. The van der Waals surface area contributed by atoms with Crippen molar-refractivity contribution < 1.29 is 0 Å². The van der Waals surface area contributed by atoms with Crippen LogP contribution < -0.4 is 5.32 Å². The standard InChI is InChI=1S/C15H23N3/c1-17(2)14-6-8-18(11-14)10-12-3-4-15-13(9-12)5-7-16-15/h3-4,9,14,16H,5-8,10-11H2,1-2H3. The van der Waals surface area contributed by atoms with Crippen molar-refractivity contribution in [3.8, 4) is 0 Å². The van der Waals surface area contributed by atoms with Gasteiger partial charge in [0.15, 0.2) is 0 Å². The van der Waals surface area contributed by atoms with E-state index in [9.17, 15) is 0 Å². The number of likely N-dealkylation sites (N-methyl/N-ethyl adjacent to an activating group) is 1. The van der Waals surface area contributed by atoms with Crippen LogP contribution in [0.15, 0.2) is 18.2 Å². The van der Waals surface area contributed by atoms with E-state index >= 15 is 0 Å². The van der Waals surface area contributed by atoms with Crippen LogP contribution in [-0.4, -0.2) is 49.6 Å². The fourth-order valence-corrected chi connectivity index (χ4v) is 3.09. The summed E-state index contributed by atoms with van der Waals surface area (Å²) in [6.45, 7) is 4.66. The van der Waals surface area contributed by atoms with Crippen molar-refractivity contribution in [2.75, 3.05) is 39.0 Å². The summed E-state index contributed by atoms with van der Waals surface area (Å²) < 4.78 is 0. The Morgan fingerprint density at radius 2 is 2.28 bits per heavy atom. The van der Waals surface area contributed by atoms with Crippen molar-refractivity contribution in [3.63, 3.8) is 0 Å². The van der Waals surface area contributed by atoms with Crippen LogP contribution in [0.3, 0.4) is 0 Å². The molecule has 2 aliphatic rings. The highest BCUT2D eigenvalue weighted by molar-refractivity contribution is 5.56. The van der Waals surface area contributed by atoms with Crippen LogP contribution in [0.1, 0.15) is 17.5 Å². The molecule has 2 heterocycles. The molecule has 1 atom stereocenters. The lowest BCUT2D eigenvalue weighted by molar-refractivity contribution is 0.264. The first-order chi connectivity index (χ1) is 8.72. The molecule has 2 aliphatic heterocycles. The predicted octanol–water partition coefficient (Wildman–Crippen LogP) is 1.79. The summed E-state index contributed by atoms with van der Waals surface area (Å²) in [5.41, 5.74) is 4.30. The van der Waals surface area contributed by atoms with Gasteiger partial charge in [-0.3, -0.25) is 4.90 Å².